The lowest BCUT2D eigenvalue weighted by Crippen LogP contribution is -2.37. The molecular weight excluding hydrogens is 404 g/mol. The van der Waals surface area contributed by atoms with Crippen molar-refractivity contribution >= 4 is 31.9 Å². The van der Waals surface area contributed by atoms with Gasteiger partial charge in [0.1, 0.15) is 0 Å². The highest BCUT2D eigenvalue weighted by molar-refractivity contribution is 9.10. The Morgan fingerprint density at radius 2 is 1.80 bits per heavy atom. The van der Waals surface area contributed by atoms with Crippen LogP contribution in [-0.2, 0) is 20.2 Å². The lowest BCUT2D eigenvalue weighted by Gasteiger charge is -2.25. The molecule has 0 bridgehead atoms. The molecule has 140 valence electrons. The third-order valence-electron chi connectivity index (χ3n) is 4.62. The van der Waals surface area contributed by atoms with E-state index in [0.29, 0.717) is 26.1 Å². The van der Waals surface area contributed by atoms with E-state index in [1.165, 1.54) is 0 Å². The number of sulfonamides is 1. The zero-order valence-corrected chi connectivity index (χ0v) is 17.3. The molecule has 0 aromatic heterocycles. The molecule has 1 aromatic rings. The molecule has 0 aliphatic carbocycles. The van der Waals surface area contributed by atoms with Crippen molar-refractivity contribution in [1.82, 2.24) is 9.62 Å². The minimum Gasteiger partial charge on any atom is -0.355 e. The van der Waals surface area contributed by atoms with Gasteiger partial charge in [0.2, 0.25) is 15.9 Å². The molecule has 25 heavy (non-hydrogen) atoms. The van der Waals surface area contributed by atoms with Gasteiger partial charge in [-0.1, -0.05) is 41.9 Å². The molecule has 1 amide bonds. The van der Waals surface area contributed by atoms with Gasteiger partial charge in [0.05, 0.1) is 5.75 Å². The Hall–Kier alpha value is -0.920. The highest BCUT2D eigenvalue weighted by atomic mass is 79.9. The van der Waals surface area contributed by atoms with Gasteiger partial charge in [-0.25, -0.2) is 12.7 Å². The summed E-state index contributed by atoms with van der Waals surface area (Å²) in [5.74, 6) is -0.0434. The van der Waals surface area contributed by atoms with Crippen molar-refractivity contribution in [2.24, 2.45) is 0 Å². The monoisotopic (exact) mass is 430 g/mol. The number of benzene rings is 1. The number of rotatable bonds is 8. The highest BCUT2D eigenvalue weighted by Gasteiger charge is 2.25. The lowest BCUT2D eigenvalue weighted by molar-refractivity contribution is -0.121. The second-order valence-corrected chi connectivity index (χ2v) is 10.2. The highest BCUT2D eigenvalue weighted by Crippen LogP contribution is 2.24. The van der Waals surface area contributed by atoms with Gasteiger partial charge in [-0.15, -0.1) is 0 Å². The molecule has 0 saturated carbocycles. The van der Waals surface area contributed by atoms with Gasteiger partial charge in [0.25, 0.3) is 0 Å². The van der Waals surface area contributed by atoms with Crippen LogP contribution in [0.4, 0.5) is 0 Å². The van der Waals surface area contributed by atoms with Crippen LogP contribution in [0.25, 0.3) is 0 Å². The van der Waals surface area contributed by atoms with Crippen LogP contribution in [0.2, 0.25) is 0 Å². The van der Waals surface area contributed by atoms with E-state index in [4.69, 9.17) is 0 Å². The maximum Gasteiger partial charge on any atom is 0.220 e. The molecule has 0 atom stereocenters. The first-order chi connectivity index (χ1) is 11.7. The molecule has 1 aromatic carbocycles. The Labute approximate surface area is 159 Å². The average molecular weight is 431 g/mol. The molecule has 1 aliphatic heterocycles. The standard InChI is InChI=1S/C18H27BrN2O3S/c1-18(2,15-7-9-16(19)10-8-15)14-20-17(22)6-5-13-25(23,24)21-11-3-4-12-21/h7-10H,3-6,11-14H2,1-2H3,(H,20,22). The maximum atomic E-state index is 12.1. The van der Waals surface area contributed by atoms with Gasteiger partial charge in [-0.05, 0) is 37.0 Å². The second kappa shape index (κ2) is 8.64. The van der Waals surface area contributed by atoms with Crippen LogP contribution in [0.3, 0.4) is 0 Å². The molecule has 1 heterocycles. The van der Waals surface area contributed by atoms with Gasteiger partial charge in [-0.3, -0.25) is 4.79 Å². The number of carbonyl (C=O) groups excluding carboxylic acids is 1. The Morgan fingerprint density at radius 1 is 1.20 bits per heavy atom. The summed E-state index contributed by atoms with van der Waals surface area (Å²) in [6.45, 7) is 5.92. The Balaban J connectivity index is 1.75. The van der Waals surface area contributed by atoms with Crippen LogP contribution in [0.1, 0.15) is 45.1 Å². The third kappa shape index (κ3) is 6.08. The largest absolute Gasteiger partial charge is 0.355 e. The summed E-state index contributed by atoms with van der Waals surface area (Å²) in [6.07, 6.45) is 2.47. The van der Waals surface area contributed by atoms with Crippen LogP contribution in [-0.4, -0.2) is 44.0 Å². The topological polar surface area (TPSA) is 66.5 Å². The predicted molar refractivity (Wildman–Crippen MR) is 104 cm³/mol. The van der Waals surface area contributed by atoms with Gasteiger partial charge >= 0.3 is 0 Å². The van der Waals surface area contributed by atoms with E-state index in [9.17, 15) is 13.2 Å². The molecule has 1 N–H and O–H groups in total. The summed E-state index contributed by atoms with van der Waals surface area (Å²) in [4.78, 5) is 12.1. The van der Waals surface area contributed by atoms with E-state index in [2.05, 4.69) is 35.1 Å². The van der Waals surface area contributed by atoms with E-state index in [1.54, 1.807) is 4.31 Å². The number of hydrogen-bond acceptors (Lipinski definition) is 3. The fourth-order valence-corrected chi connectivity index (χ4v) is 4.77. The first-order valence-corrected chi connectivity index (χ1v) is 11.1. The Morgan fingerprint density at radius 3 is 2.40 bits per heavy atom. The third-order valence-corrected chi connectivity index (χ3v) is 7.10. The molecular formula is C18H27BrN2O3S. The van der Waals surface area contributed by atoms with Gasteiger partial charge in [0.15, 0.2) is 0 Å². The smallest absolute Gasteiger partial charge is 0.220 e. The molecule has 7 heteroatoms. The fourth-order valence-electron chi connectivity index (χ4n) is 2.92. The lowest BCUT2D eigenvalue weighted by atomic mass is 9.84. The Bertz CT molecular complexity index is 681. The summed E-state index contributed by atoms with van der Waals surface area (Å²) < 4.78 is 26.8. The van der Waals surface area contributed by atoms with Crippen molar-refractivity contribution in [1.29, 1.82) is 0 Å². The summed E-state index contributed by atoms with van der Waals surface area (Å²) in [5, 5.41) is 2.93. The molecule has 0 radical (unpaired) electrons. The fraction of sp³-hybridized carbons (Fsp3) is 0.611. The van der Waals surface area contributed by atoms with Crippen LogP contribution in [0.5, 0.6) is 0 Å². The van der Waals surface area contributed by atoms with Crippen LogP contribution < -0.4 is 5.32 Å². The zero-order chi connectivity index (χ0) is 18.5. The van der Waals surface area contributed by atoms with Crippen molar-refractivity contribution in [2.45, 2.75) is 44.9 Å². The summed E-state index contributed by atoms with van der Waals surface area (Å²) in [6, 6.07) is 8.06. The van der Waals surface area contributed by atoms with E-state index in [1.807, 2.05) is 24.3 Å². The van der Waals surface area contributed by atoms with E-state index in [-0.39, 0.29) is 23.5 Å². The molecule has 1 fully saturated rings. The van der Waals surface area contributed by atoms with Crippen LogP contribution in [0.15, 0.2) is 28.7 Å². The SMILES string of the molecule is CC(C)(CNC(=O)CCCS(=O)(=O)N1CCCC1)c1ccc(Br)cc1. The van der Waals surface area contributed by atoms with Gasteiger partial charge < -0.3 is 5.32 Å². The maximum absolute atomic E-state index is 12.1. The van der Waals surface area contributed by atoms with Gasteiger partial charge in [-0.2, -0.15) is 0 Å². The van der Waals surface area contributed by atoms with Crippen molar-refractivity contribution in [3.63, 3.8) is 0 Å². The van der Waals surface area contributed by atoms with Crippen molar-refractivity contribution in [3.8, 4) is 0 Å². The summed E-state index contributed by atoms with van der Waals surface area (Å²) >= 11 is 3.42. The number of amides is 1. The van der Waals surface area contributed by atoms with Crippen molar-refractivity contribution < 1.29 is 13.2 Å². The zero-order valence-electron chi connectivity index (χ0n) is 14.9. The molecule has 5 nitrogen and oxygen atoms in total. The minimum atomic E-state index is -3.20. The predicted octanol–water partition coefficient (Wildman–Crippen LogP) is 3.05. The number of nitrogens with zero attached hydrogens (tertiary/aromatic N) is 1. The summed E-state index contributed by atoms with van der Waals surface area (Å²) in [7, 11) is -3.20. The molecule has 0 unspecified atom stereocenters. The molecule has 1 aliphatic rings. The number of hydrogen-bond donors (Lipinski definition) is 1. The second-order valence-electron chi connectivity index (χ2n) is 7.19. The number of nitrogens with one attached hydrogen (secondary N) is 1. The molecule has 1 saturated heterocycles. The van der Waals surface area contributed by atoms with Crippen molar-refractivity contribution in [2.75, 3.05) is 25.4 Å². The first-order valence-electron chi connectivity index (χ1n) is 8.71. The molecule has 2 rings (SSSR count). The quantitative estimate of drug-likeness (QED) is 0.688. The molecule has 0 spiro atoms. The van der Waals surface area contributed by atoms with E-state index >= 15 is 0 Å². The minimum absolute atomic E-state index is 0.0521. The van der Waals surface area contributed by atoms with Gasteiger partial charge in [0, 0.05) is 35.9 Å². The van der Waals surface area contributed by atoms with Crippen molar-refractivity contribution in [3.05, 3.63) is 34.3 Å². The first kappa shape index (κ1) is 20.4. The number of carbonyl (C=O) groups is 1. The van der Waals surface area contributed by atoms with Crippen LogP contribution in [0, 0.1) is 0 Å². The normalized spacial score (nSPS) is 16.1. The number of halogens is 1. The van der Waals surface area contributed by atoms with E-state index in [0.717, 1.165) is 22.9 Å². The average Bonchev–Trinajstić information content (AvgIpc) is 3.09. The Kier molecular flexibility index (Phi) is 7.05. The van der Waals surface area contributed by atoms with Crippen LogP contribution >= 0.6 is 15.9 Å². The summed E-state index contributed by atoms with van der Waals surface area (Å²) in [5.41, 5.74) is 0.963. The van der Waals surface area contributed by atoms with E-state index < -0.39 is 10.0 Å².